The van der Waals surface area contributed by atoms with Crippen molar-refractivity contribution in [2.75, 3.05) is 27.4 Å². The Labute approximate surface area is 112 Å². The summed E-state index contributed by atoms with van der Waals surface area (Å²) in [6.45, 7) is 2.91. The minimum absolute atomic E-state index is 0.0437. The van der Waals surface area contributed by atoms with Crippen LogP contribution in [0.4, 0.5) is 0 Å². The summed E-state index contributed by atoms with van der Waals surface area (Å²) in [5, 5.41) is 0. The summed E-state index contributed by atoms with van der Waals surface area (Å²) in [4.78, 5) is 22.0. The fourth-order valence-corrected chi connectivity index (χ4v) is 2.00. The van der Waals surface area contributed by atoms with Crippen LogP contribution < -0.4 is 0 Å². The Balaban J connectivity index is 2.75. The van der Waals surface area contributed by atoms with Gasteiger partial charge in [-0.2, -0.15) is 0 Å². The van der Waals surface area contributed by atoms with Crippen LogP contribution in [0.15, 0.2) is 0 Å². The van der Waals surface area contributed by atoms with Gasteiger partial charge in [-0.3, -0.25) is 9.59 Å². The van der Waals surface area contributed by atoms with Crippen LogP contribution >= 0.6 is 0 Å². The maximum absolute atomic E-state index is 11.1. The minimum atomic E-state index is -0.596. The topological polar surface area (TPSA) is 80.3 Å². The average molecular weight is 276 g/mol. The van der Waals surface area contributed by atoms with Crippen LogP contribution in [-0.4, -0.2) is 63.8 Å². The van der Waals surface area contributed by atoms with Crippen LogP contribution in [0, 0.1) is 0 Å². The van der Waals surface area contributed by atoms with E-state index in [2.05, 4.69) is 0 Å². The molecule has 4 atom stereocenters. The number of rotatable bonds is 5. The van der Waals surface area contributed by atoms with Crippen molar-refractivity contribution >= 4 is 11.9 Å². The quantitative estimate of drug-likeness (QED) is 0.649. The highest BCUT2D eigenvalue weighted by Crippen LogP contribution is 2.23. The van der Waals surface area contributed by atoms with Gasteiger partial charge in [-0.15, -0.1) is 0 Å². The molecule has 7 nitrogen and oxygen atoms in total. The molecule has 0 radical (unpaired) electrons. The normalized spacial score (nSPS) is 30.7. The highest BCUT2D eigenvalue weighted by molar-refractivity contribution is 5.66. The molecule has 1 fully saturated rings. The summed E-state index contributed by atoms with van der Waals surface area (Å²) in [5.74, 6) is -0.835. The summed E-state index contributed by atoms with van der Waals surface area (Å²) in [6.07, 6.45) is -2.06. The molecule has 1 rings (SSSR count). The summed E-state index contributed by atoms with van der Waals surface area (Å²) in [5.41, 5.74) is 0. The Morgan fingerprint density at radius 3 is 2.26 bits per heavy atom. The van der Waals surface area contributed by atoms with E-state index in [4.69, 9.17) is 23.7 Å². The van der Waals surface area contributed by atoms with Crippen LogP contribution in [0.5, 0.6) is 0 Å². The molecule has 7 heteroatoms. The second kappa shape index (κ2) is 7.42. The van der Waals surface area contributed by atoms with Crippen molar-refractivity contribution in [2.45, 2.75) is 38.3 Å². The number of methoxy groups -OCH3 is 2. The van der Waals surface area contributed by atoms with Gasteiger partial charge in [0.15, 0.2) is 6.10 Å². The third kappa shape index (κ3) is 4.45. The van der Waals surface area contributed by atoms with Gasteiger partial charge < -0.3 is 23.7 Å². The van der Waals surface area contributed by atoms with Crippen molar-refractivity contribution in [1.29, 1.82) is 0 Å². The molecule has 1 saturated heterocycles. The van der Waals surface area contributed by atoms with Crippen LogP contribution in [0.25, 0.3) is 0 Å². The first-order valence-corrected chi connectivity index (χ1v) is 5.97. The van der Waals surface area contributed by atoms with E-state index in [9.17, 15) is 9.59 Å². The highest BCUT2D eigenvalue weighted by Gasteiger charge is 2.43. The van der Waals surface area contributed by atoms with Crippen molar-refractivity contribution in [1.82, 2.24) is 0 Å². The Morgan fingerprint density at radius 1 is 1.11 bits per heavy atom. The molecular formula is C12H20O7. The van der Waals surface area contributed by atoms with Crippen molar-refractivity contribution in [3.63, 3.8) is 0 Å². The van der Waals surface area contributed by atoms with E-state index in [0.717, 1.165) is 0 Å². The molecule has 1 aliphatic rings. The van der Waals surface area contributed by atoms with E-state index in [1.807, 2.05) is 0 Å². The second-order valence-corrected chi connectivity index (χ2v) is 4.22. The van der Waals surface area contributed by atoms with Crippen LogP contribution in [-0.2, 0) is 33.3 Å². The van der Waals surface area contributed by atoms with Gasteiger partial charge >= 0.3 is 11.9 Å². The number of carbonyl (C=O) groups is 2. The van der Waals surface area contributed by atoms with Crippen molar-refractivity contribution in [3.05, 3.63) is 0 Å². The Bertz CT molecular complexity index is 317. The van der Waals surface area contributed by atoms with Gasteiger partial charge in [0.1, 0.15) is 24.9 Å². The van der Waals surface area contributed by atoms with Gasteiger partial charge in [-0.1, -0.05) is 0 Å². The number of carbonyl (C=O) groups excluding carboxylic acids is 2. The predicted molar refractivity (Wildman–Crippen MR) is 63.5 cm³/mol. The highest BCUT2D eigenvalue weighted by atomic mass is 16.6. The largest absolute Gasteiger partial charge is 0.463 e. The van der Waals surface area contributed by atoms with E-state index >= 15 is 0 Å². The van der Waals surface area contributed by atoms with E-state index in [1.54, 1.807) is 0 Å². The molecule has 1 heterocycles. The van der Waals surface area contributed by atoms with Crippen LogP contribution in [0.1, 0.15) is 13.8 Å². The van der Waals surface area contributed by atoms with Gasteiger partial charge in [0, 0.05) is 28.1 Å². The third-order valence-corrected chi connectivity index (χ3v) is 2.86. The maximum atomic E-state index is 11.1. The SMILES string of the molecule is CO[C@@H]1[C@H](OC(C)=O)[C@H](OC)CO[C@H]1COC(C)=O. The monoisotopic (exact) mass is 276 g/mol. The standard InChI is InChI=1S/C12H20O7/c1-7(13)17-6-10-11(16-4)12(19-8(2)14)9(15-3)5-18-10/h9-12H,5-6H2,1-4H3/t9-,10+,11+,12-/m1/s1. The molecule has 0 bridgehead atoms. The molecular weight excluding hydrogens is 256 g/mol. The van der Waals surface area contributed by atoms with E-state index in [1.165, 1.54) is 28.1 Å². The maximum Gasteiger partial charge on any atom is 0.303 e. The molecule has 0 aromatic rings. The summed E-state index contributed by atoms with van der Waals surface area (Å²) in [6, 6.07) is 0. The number of ether oxygens (including phenoxy) is 5. The molecule has 0 unspecified atom stereocenters. The Hall–Kier alpha value is -1.18. The molecule has 0 saturated carbocycles. The van der Waals surface area contributed by atoms with E-state index in [-0.39, 0.29) is 13.2 Å². The average Bonchev–Trinajstić information content (AvgIpc) is 2.35. The molecule has 0 N–H and O–H groups in total. The molecule has 0 amide bonds. The van der Waals surface area contributed by atoms with E-state index in [0.29, 0.717) is 0 Å². The molecule has 1 aliphatic heterocycles. The van der Waals surface area contributed by atoms with Gasteiger partial charge in [-0.25, -0.2) is 0 Å². The third-order valence-electron chi connectivity index (χ3n) is 2.86. The number of esters is 2. The van der Waals surface area contributed by atoms with Gasteiger partial charge in [-0.05, 0) is 0 Å². The first kappa shape index (κ1) is 15.9. The van der Waals surface area contributed by atoms with Crippen molar-refractivity contribution < 1.29 is 33.3 Å². The fraction of sp³-hybridized carbons (Fsp3) is 0.833. The summed E-state index contributed by atoms with van der Waals surface area (Å²) < 4.78 is 26.2. The molecule has 110 valence electrons. The predicted octanol–water partition coefficient (Wildman–Crippen LogP) is -0.0900. The van der Waals surface area contributed by atoms with Crippen LogP contribution in [0.2, 0.25) is 0 Å². The number of hydrogen-bond donors (Lipinski definition) is 0. The first-order chi connectivity index (χ1) is 8.99. The Kier molecular flexibility index (Phi) is 6.20. The van der Waals surface area contributed by atoms with Crippen molar-refractivity contribution in [3.8, 4) is 0 Å². The van der Waals surface area contributed by atoms with Crippen LogP contribution in [0.3, 0.4) is 0 Å². The molecule has 0 aromatic heterocycles. The van der Waals surface area contributed by atoms with E-state index < -0.39 is 36.4 Å². The fourth-order valence-electron chi connectivity index (χ4n) is 2.00. The lowest BCUT2D eigenvalue weighted by Gasteiger charge is -2.40. The second-order valence-electron chi connectivity index (χ2n) is 4.22. The molecule has 0 spiro atoms. The lowest BCUT2D eigenvalue weighted by Crippen LogP contribution is -2.57. The van der Waals surface area contributed by atoms with Gasteiger partial charge in [0.05, 0.1) is 6.61 Å². The zero-order valence-corrected chi connectivity index (χ0v) is 11.6. The molecule has 0 aliphatic carbocycles. The zero-order chi connectivity index (χ0) is 14.4. The van der Waals surface area contributed by atoms with Gasteiger partial charge in [0.2, 0.25) is 0 Å². The first-order valence-electron chi connectivity index (χ1n) is 5.97. The minimum Gasteiger partial charge on any atom is -0.463 e. The molecule has 0 aromatic carbocycles. The smallest absolute Gasteiger partial charge is 0.303 e. The Morgan fingerprint density at radius 2 is 1.79 bits per heavy atom. The van der Waals surface area contributed by atoms with Crippen molar-refractivity contribution in [2.24, 2.45) is 0 Å². The summed E-state index contributed by atoms with van der Waals surface area (Å²) in [7, 11) is 2.98. The summed E-state index contributed by atoms with van der Waals surface area (Å²) >= 11 is 0. The lowest BCUT2D eigenvalue weighted by atomic mass is 10.00. The molecule has 19 heavy (non-hydrogen) atoms. The lowest BCUT2D eigenvalue weighted by molar-refractivity contribution is -0.225. The zero-order valence-electron chi connectivity index (χ0n) is 11.6. The van der Waals surface area contributed by atoms with Gasteiger partial charge in [0.25, 0.3) is 0 Å². The number of hydrogen-bond acceptors (Lipinski definition) is 7.